The van der Waals surface area contributed by atoms with Crippen LogP contribution in [0.5, 0.6) is 0 Å². The van der Waals surface area contributed by atoms with E-state index in [9.17, 15) is 9.90 Å². The van der Waals surface area contributed by atoms with Gasteiger partial charge < -0.3 is 10.0 Å². The second-order valence-corrected chi connectivity index (χ2v) is 6.36. The van der Waals surface area contributed by atoms with E-state index in [1.165, 1.54) is 0 Å². The third kappa shape index (κ3) is 2.41. The molecule has 3 nitrogen and oxygen atoms in total. The van der Waals surface area contributed by atoms with Crippen molar-refractivity contribution < 1.29 is 9.90 Å². The summed E-state index contributed by atoms with van der Waals surface area (Å²) in [5.74, 6) is -0.0165. The van der Waals surface area contributed by atoms with Gasteiger partial charge in [0.05, 0.1) is 24.3 Å². The van der Waals surface area contributed by atoms with Crippen molar-refractivity contribution in [2.45, 2.75) is 12.5 Å². The van der Waals surface area contributed by atoms with Crippen molar-refractivity contribution in [3.05, 3.63) is 31.8 Å². The summed E-state index contributed by atoms with van der Waals surface area (Å²) in [6, 6.07) is 5.62. The van der Waals surface area contributed by atoms with Crippen molar-refractivity contribution in [3.8, 4) is 0 Å². The number of carbonyl (C=O) groups is 1. The van der Waals surface area contributed by atoms with Crippen molar-refractivity contribution in [2.24, 2.45) is 0 Å². The Morgan fingerprint density at radius 1 is 1.56 bits per heavy atom. The fourth-order valence-corrected chi connectivity index (χ4v) is 2.68. The van der Waals surface area contributed by atoms with Crippen LogP contribution in [0.1, 0.15) is 17.3 Å². The van der Waals surface area contributed by atoms with Crippen LogP contribution < -0.4 is 0 Å². The molecule has 0 saturated carbocycles. The quantitative estimate of drug-likeness (QED) is 0.741. The molecule has 0 unspecified atom stereocenters. The molecule has 0 bridgehead atoms. The van der Waals surface area contributed by atoms with E-state index >= 15 is 0 Å². The van der Waals surface area contributed by atoms with Gasteiger partial charge in [-0.3, -0.25) is 4.79 Å². The molecule has 86 valence electrons. The van der Waals surface area contributed by atoms with Gasteiger partial charge in [-0.1, -0.05) is 15.9 Å². The van der Waals surface area contributed by atoms with E-state index in [0.29, 0.717) is 18.7 Å². The number of hydrogen-bond acceptors (Lipinski definition) is 2. The van der Waals surface area contributed by atoms with E-state index in [2.05, 4.69) is 38.5 Å². The van der Waals surface area contributed by atoms with Gasteiger partial charge in [0.1, 0.15) is 0 Å². The van der Waals surface area contributed by atoms with Crippen LogP contribution in [-0.4, -0.2) is 34.6 Å². The van der Waals surface area contributed by atoms with Crippen molar-refractivity contribution in [1.29, 1.82) is 0 Å². The first-order valence-corrected chi connectivity index (χ1v) is 6.73. The molecule has 0 aliphatic carbocycles. The molecule has 0 atom stereocenters. The second-order valence-electron chi connectivity index (χ2n) is 4.28. The second kappa shape index (κ2) is 4.27. The molecule has 0 radical (unpaired) electrons. The molecule has 1 N–H and O–H groups in total. The van der Waals surface area contributed by atoms with Crippen LogP contribution in [0.3, 0.4) is 0 Å². The van der Waals surface area contributed by atoms with E-state index in [1.54, 1.807) is 11.8 Å². The molecular formula is C11H11BrINO2. The highest BCUT2D eigenvalue weighted by Crippen LogP contribution is 2.25. The molecule has 1 amide bonds. The summed E-state index contributed by atoms with van der Waals surface area (Å²) >= 11 is 5.50. The molecule has 1 fully saturated rings. The molecule has 1 aliphatic rings. The number of carbonyl (C=O) groups excluding carboxylic acids is 1. The fourth-order valence-electron chi connectivity index (χ4n) is 1.75. The predicted octanol–water partition coefficient (Wildman–Crippen LogP) is 2.26. The number of nitrogens with zero attached hydrogens (tertiary/aromatic N) is 1. The average molecular weight is 396 g/mol. The number of amides is 1. The van der Waals surface area contributed by atoms with Gasteiger partial charge in [0, 0.05) is 8.04 Å². The first-order chi connectivity index (χ1) is 7.39. The lowest BCUT2D eigenvalue weighted by molar-refractivity contribution is -0.0669. The average Bonchev–Trinajstić information content (AvgIpc) is 2.17. The maximum absolute atomic E-state index is 12.1. The Morgan fingerprint density at radius 3 is 2.75 bits per heavy atom. The highest BCUT2D eigenvalue weighted by Gasteiger charge is 2.40. The van der Waals surface area contributed by atoms with Crippen LogP contribution in [0.25, 0.3) is 0 Å². The SMILES string of the molecule is CC1(O)CN(C(=O)c2cc(Br)ccc2I)C1. The monoisotopic (exact) mass is 395 g/mol. The molecule has 5 heteroatoms. The van der Waals surface area contributed by atoms with Crippen molar-refractivity contribution in [2.75, 3.05) is 13.1 Å². The van der Waals surface area contributed by atoms with Crippen molar-refractivity contribution in [1.82, 2.24) is 4.90 Å². The largest absolute Gasteiger partial charge is 0.386 e. The molecule has 1 aromatic carbocycles. The Labute approximate surface area is 116 Å². The van der Waals surface area contributed by atoms with Crippen LogP contribution in [0.15, 0.2) is 22.7 Å². The molecule has 1 aliphatic heterocycles. The zero-order valence-corrected chi connectivity index (χ0v) is 12.4. The van der Waals surface area contributed by atoms with E-state index < -0.39 is 5.60 Å². The normalized spacial score (nSPS) is 18.1. The van der Waals surface area contributed by atoms with Gasteiger partial charge in [-0.25, -0.2) is 0 Å². The summed E-state index contributed by atoms with van der Waals surface area (Å²) in [6.07, 6.45) is 0. The highest BCUT2D eigenvalue weighted by molar-refractivity contribution is 14.1. The molecule has 0 aromatic heterocycles. The van der Waals surface area contributed by atoms with Crippen LogP contribution in [0.4, 0.5) is 0 Å². The third-order valence-corrected chi connectivity index (χ3v) is 3.94. The zero-order valence-electron chi connectivity index (χ0n) is 8.70. The van der Waals surface area contributed by atoms with Gasteiger partial charge in [-0.2, -0.15) is 0 Å². The lowest BCUT2D eigenvalue weighted by Gasteiger charge is -2.44. The Kier molecular flexibility index (Phi) is 3.29. The van der Waals surface area contributed by atoms with Crippen molar-refractivity contribution >= 4 is 44.4 Å². The maximum Gasteiger partial charge on any atom is 0.255 e. The van der Waals surface area contributed by atoms with Crippen LogP contribution in [0.2, 0.25) is 0 Å². The Bertz CT molecular complexity index is 440. The molecular weight excluding hydrogens is 385 g/mol. The zero-order chi connectivity index (χ0) is 11.9. The van der Waals surface area contributed by atoms with Gasteiger partial charge in [0.15, 0.2) is 0 Å². The first-order valence-electron chi connectivity index (χ1n) is 4.86. The van der Waals surface area contributed by atoms with E-state index in [4.69, 9.17) is 0 Å². The summed E-state index contributed by atoms with van der Waals surface area (Å²) in [5.41, 5.74) is -0.0295. The first kappa shape index (κ1) is 12.3. The number of halogens is 2. The van der Waals surface area contributed by atoms with Crippen LogP contribution in [-0.2, 0) is 0 Å². The summed E-state index contributed by atoms with van der Waals surface area (Å²) in [5, 5.41) is 9.60. The van der Waals surface area contributed by atoms with Gasteiger partial charge in [-0.15, -0.1) is 0 Å². The van der Waals surface area contributed by atoms with E-state index in [-0.39, 0.29) is 5.91 Å². The Morgan fingerprint density at radius 2 is 2.19 bits per heavy atom. The van der Waals surface area contributed by atoms with E-state index in [1.807, 2.05) is 18.2 Å². The lowest BCUT2D eigenvalue weighted by Crippen LogP contribution is -2.61. The predicted molar refractivity (Wildman–Crippen MR) is 73.4 cm³/mol. The minimum atomic E-state index is -0.715. The standard InChI is InChI=1S/C11H11BrINO2/c1-11(16)5-14(6-11)10(15)8-4-7(12)2-3-9(8)13/h2-4,16H,5-6H2,1H3. The molecule has 1 heterocycles. The fraction of sp³-hybridized carbons (Fsp3) is 0.364. The summed E-state index contributed by atoms with van der Waals surface area (Å²) in [4.78, 5) is 13.7. The molecule has 16 heavy (non-hydrogen) atoms. The molecule has 0 spiro atoms. The van der Waals surface area contributed by atoms with Crippen LogP contribution in [0, 0.1) is 3.57 Å². The molecule has 1 saturated heterocycles. The molecule has 2 rings (SSSR count). The smallest absolute Gasteiger partial charge is 0.255 e. The van der Waals surface area contributed by atoms with Gasteiger partial charge in [-0.05, 0) is 47.7 Å². The van der Waals surface area contributed by atoms with Gasteiger partial charge >= 0.3 is 0 Å². The minimum Gasteiger partial charge on any atom is -0.386 e. The lowest BCUT2D eigenvalue weighted by atomic mass is 9.96. The highest BCUT2D eigenvalue weighted by atomic mass is 127. The molecule has 1 aromatic rings. The number of hydrogen-bond donors (Lipinski definition) is 1. The number of aliphatic hydroxyl groups is 1. The number of likely N-dealkylation sites (tertiary alicyclic amines) is 1. The van der Waals surface area contributed by atoms with Gasteiger partial charge in [0.25, 0.3) is 5.91 Å². The van der Waals surface area contributed by atoms with Gasteiger partial charge in [0.2, 0.25) is 0 Å². The Balaban J connectivity index is 2.19. The summed E-state index contributed by atoms with van der Waals surface area (Å²) in [7, 11) is 0. The number of benzene rings is 1. The summed E-state index contributed by atoms with van der Waals surface area (Å²) in [6.45, 7) is 2.56. The number of rotatable bonds is 1. The van der Waals surface area contributed by atoms with Crippen molar-refractivity contribution in [3.63, 3.8) is 0 Å². The van der Waals surface area contributed by atoms with Crippen LogP contribution >= 0.6 is 38.5 Å². The topological polar surface area (TPSA) is 40.5 Å². The number of β-amino-alcohol motifs (C(OH)–C–C–N with tert-alkyl or cyclic N) is 1. The minimum absolute atomic E-state index is 0.0165. The Hall–Kier alpha value is -0.140. The third-order valence-electron chi connectivity index (χ3n) is 2.51. The summed E-state index contributed by atoms with van der Waals surface area (Å²) < 4.78 is 1.82. The van der Waals surface area contributed by atoms with E-state index in [0.717, 1.165) is 8.04 Å². The maximum atomic E-state index is 12.1.